The summed E-state index contributed by atoms with van der Waals surface area (Å²) in [5.74, 6) is 0.706. The van der Waals surface area contributed by atoms with Crippen molar-refractivity contribution < 1.29 is 0 Å². The Morgan fingerprint density at radius 3 is 2.32 bits per heavy atom. The molecule has 1 rings (SSSR count). The Morgan fingerprint density at radius 1 is 1.21 bits per heavy atom. The summed E-state index contributed by atoms with van der Waals surface area (Å²) in [5.41, 5.74) is 3.99. The van der Waals surface area contributed by atoms with E-state index in [4.69, 9.17) is 0 Å². The van der Waals surface area contributed by atoms with Crippen LogP contribution in [0.2, 0.25) is 0 Å². The van der Waals surface area contributed by atoms with Crippen LogP contribution in [-0.4, -0.2) is 27.2 Å². The summed E-state index contributed by atoms with van der Waals surface area (Å²) < 4.78 is 0. The molecule has 0 radical (unpaired) electrons. The fourth-order valence-electron chi connectivity index (χ4n) is 1.90. The van der Waals surface area contributed by atoms with E-state index < -0.39 is 0 Å². The second kappa shape index (κ2) is 8.00. The van der Waals surface area contributed by atoms with E-state index in [0.717, 1.165) is 19.5 Å². The Hall–Kier alpha value is -1.28. The van der Waals surface area contributed by atoms with Crippen molar-refractivity contribution in [1.82, 2.24) is 5.32 Å². The quantitative estimate of drug-likeness (QED) is 0.802. The predicted octanol–water partition coefficient (Wildman–Crippen LogP) is 3.79. The van der Waals surface area contributed by atoms with Gasteiger partial charge in [-0.05, 0) is 36.6 Å². The molecule has 0 aromatic heterocycles. The molecule has 0 aliphatic rings. The van der Waals surface area contributed by atoms with Crippen molar-refractivity contribution in [3.63, 3.8) is 0 Å². The van der Waals surface area contributed by atoms with E-state index in [0.29, 0.717) is 5.92 Å². The van der Waals surface area contributed by atoms with E-state index in [9.17, 15) is 0 Å². The lowest BCUT2D eigenvalue weighted by Gasteiger charge is -2.12. The Morgan fingerprint density at radius 2 is 1.84 bits per heavy atom. The maximum absolute atomic E-state index is 3.51. The molecule has 1 aromatic rings. The van der Waals surface area contributed by atoms with Crippen molar-refractivity contribution in [1.29, 1.82) is 0 Å². The first kappa shape index (κ1) is 15.8. The summed E-state index contributed by atoms with van der Waals surface area (Å²) in [6.07, 6.45) is 3.40. The maximum Gasteiger partial charge on any atom is 0.0361 e. The summed E-state index contributed by atoms with van der Waals surface area (Å²) in [6, 6.07) is 8.71. The van der Waals surface area contributed by atoms with Crippen LogP contribution >= 0.6 is 0 Å². The van der Waals surface area contributed by atoms with Crippen molar-refractivity contribution in [2.45, 2.75) is 27.2 Å². The molecule has 0 bridgehead atoms. The highest BCUT2D eigenvalue weighted by Crippen LogP contribution is 2.15. The highest BCUT2D eigenvalue weighted by molar-refractivity contribution is 5.57. The zero-order valence-electron chi connectivity index (χ0n) is 13.0. The highest BCUT2D eigenvalue weighted by Gasteiger charge is 1.99. The van der Waals surface area contributed by atoms with Gasteiger partial charge in [0.2, 0.25) is 0 Å². The van der Waals surface area contributed by atoms with Gasteiger partial charge >= 0.3 is 0 Å². The zero-order chi connectivity index (χ0) is 14.3. The van der Waals surface area contributed by atoms with Crippen LogP contribution in [0, 0.1) is 5.92 Å². The van der Waals surface area contributed by atoms with Gasteiger partial charge in [0.25, 0.3) is 0 Å². The first-order chi connectivity index (χ1) is 9.02. The van der Waals surface area contributed by atoms with Crippen LogP contribution < -0.4 is 10.2 Å². The van der Waals surface area contributed by atoms with Gasteiger partial charge < -0.3 is 10.2 Å². The molecule has 1 N–H and O–H groups in total. The number of anilines is 1. The third kappa shape index (κ3) is 5.93. The average Bonchev–Trinajstić information content (AvgIpc) is 2.37. The minimum Gasteiger partial charge on any atom is -0.378 e. The molecule has 2 heteroatoms. The fourth-order valence-corrected chi connectivity index (χ4v) is 1.90. The molecule has 0 atom stereocenters. The van der Waals surface area contributed by atoms with Crippen molar-refractivity contribution >= 4 is 11.8 Å². The van der Waals surface area contributed by atoms with Crippen LogP contribution in [0.3, 0.4) is 0 Å². The molecule has 2 nitrogen and oxygen atoms in total. The van der Waals surface area contributed by atoms with Crippen molar-refractivity contribution in [3.05, 3.63) is 35.4 Å². The molecular formula is C17H28N2. The Labute approximate surface area is 118 Å². The van der Waals surface area contributed by atoms with Gasteiger partial charge in [-0.1, -0.05) is 44.6 Å². The molecular weight excluding hydrogens is 232 g/mol. The highest BCUT2D eigenvalue weighted by atomic mass is 15.1. The number of hydrogen-bond donors (Lipinski definition) is 1. The van der Waals surface area contributed by atoms with Crippen LogP contribution in [-0.2, 0) is 0 Å². The van der Waals surface area contributed by atoms with E-state index in [-0.39, 0.29) is 0 Å². The molecule has 0 unspecified atom stereocenters. The summed E-state index contributed by atoms with van der Waals surface area (Å²) >= 11 is 0. The van der Waals surface area contributed by atoms with Crippen LogP contribution in [0.1, 0.15) is 32.8 Å². The molecule has 106 valence electrons. The van der Waals surface area contributed by atoms with Gasteiger partial charge in [-0.2, -0.15) is 0 Å². The smallest absolute Gasteiger partial charge is 0.0361 e. The van der Waals surface area contributed by atoms with Crippen molar-refractivity contribution in [3.8, 4) is 0 Å². The SMILES string of the molecule is CCC(=Cc1ccc(N(C)C)cc1)CNCC(C)C. The van der Waals surface area contributed by atoms with Gasteiger partial charge in [0.1, 0.15) is 0 Å². The second-order valence-corrected chi connectivity index (χ2v) is 5.67. The molecule has 0 amide bonds. The third-order valence-corrected chi connectivity index (χ3v) is 3.14. The molecule has 0 aliphatic heterocycles. The topological polar surface area (TPSA) is 15.3 Å². The predicted molar refractivity (Wildman–Crippen MR) is 86.7 cm³/mol. The minimum atomic E-state index is 0.706. The lowest BCUT2D eigenvalue weighted by Crippen LogP contribution is -2.21. The lowest BCUT2D eigenvalue weighted by atomic mass is 10.1. The molecule has 0 saturated carbocycles. The maximum atomic E-state index is 3.51. The molecule has 0 saturated heterocycles. The number of benzene rings is 1. The minimum absolute atomic E-state index is 0.706. The monoisotopic (exact) mass is 260 g/mol. The Bertz CT molecular complexity index is 388. The van der Waals surface area contributed by atoms with Crippen LogP contribution in [0.5, 0.6) is 0 Å². The zero-order valence-corrected chi connectivity index (χ0v) is 13.0. The van der Waals surface area contributed by atoms with Crippen LogP contribution in [0.4, 0.5) is 5.69 Å². The summed E-state index contributed by atoms with van der Waals surface area (Å²) in [5, 5.41) is 3.51. The van der Waals surface area contributed by atoms with Crippen molar-refractivity contribution in [2.75, 3.05) is 32.1 Å². The molecule has 0 fully saturated rings. The molecule has 0 spiro atoms. The van der Waals surface area contributed by atoms with E-state index in [2.05, 4.69) is 75.4 Å². The summed E-state index contributed by atoms with van der Waals surface area (Å²) in [6.45, 7) is 8.77. The normalized spacial score (nSPS) is 12.0. The Kier molecular flexibility index (Phi) is 6.65. The first-order valence-corrected chi connectivity index (χ1v) is 7.20. The number of hydrogen-bond acceptors (Lipinski definition) is 2. The standard InChI is InChI=1S/C17H28N2/c1-6-15(13-18-12-14(2)3)11-16-7-9-17(10-8-16)19(4)5/h7-11,14,18H,6,12-13H2,1-5H3. The van der Waals surface area contributed by atoms with Gasteiger partial charge in [-0.3, -0.25) is 0 Å². The average molecular weight is 260 g/mol. The number of rotatable bonds is 7. The molecule has 1 aromatic carbocycles. The first-order valence-electron chi connectivity index (χ1n) is 7.20. The summed E-state index contributed by atoms with van der Waals surface area (Å²) in [7, 11) is 4.14. The van der Waals surface area contributed by atoms with Gasteiger partial charge in [-0.25, -0.2) is 0 Å². The molecule has 0 heterocycles. The van der Waals surface area contributed by atoms with Gasteiger partial charge in [0, 0.05) is 26.3 Å². The van der Waals surface area contributed by atoms with E-state index >= 15 is 0 Å². The lowest BCUT2D eigenvalue weighted by molar-refractivity contribution is 0.569. The van der Waals surface area contributed by atoms with Gasteiger partial charge in [-0.15, -0.1) is 0 Å². The third-order valence-electron chi connectivity index (χ3n) is 3.14. The van der Waals surface area contributed by atoms with E-state index in [1.807, 2.05) is 0 Å². The largest absolute Gasteiger partial charge is 0.378 e. The fraction of sp³-hybridized carbons (Fsp3) is 0.529. The van der Waals surface area contributed by atoms with E-state index in [1.54, 1.807) is 0 Å². The number of nitrogens with zero attached hydrogens (tertiary/aromatic N) is 1. The van der Waals surface area contributed by atoms with E-state index in [1.165, 1.54) is 16.8 Å². The van der Waals surface area contributed by atoms with Gasteiger partial charge in [0.15, 0.2) is 0 Å². The summed E-state index contributed by atoms with van der Waals surface area (Å²) in [4.78, 5) is 2.12. The number of nitrogens with one attached hydrogen (secondary N) is 1. The Balaban J connectivity index is 2.63. The van der Waals surface area contributed by atoms with Crippen molar-refractivity contribution in [2.24, 2.45) is 5.92 Å². The van der Waals surface area contributed by atoms with Gasteiger partial charge in [0.05, 0.1) is 0 Å². The molecule has 19 heavy (non-hydrogen) atoms. The molecule has 0 aliphatic carbocycles. The van der Waals surface area contributed by atoms with Crippen LogP contribution in [0.25, 0.3) is 6.08 Å². The van der Waals surface area contributed by atoms with Crippen LogP contribution in [0.15, 0.2) is 29.8 Å². The second-order valence-electron chi connectivity index (χ2n) is 5.67.